The van der Waals surface area contributed by atoms with Gasteiger partial charge in [-0.3, -0.25) is 0 Å². The van der Waals surface area contributed by atoms with E-state index in [0.717, 1.165) is 71.1 Å². The second-order valence-corrected chi connectivity index (χ2v) is 15.0. The smallest absolute Gasteiger partial charge is 0.180 e. The molecule has 0 bridgehead atoms. The van der Waals surface area contributed by atoms with Crippen molar-refractivity contribution in [3.8, 4) is 56.8 Å². The molecule has 12 rings (SSSR count). The fraction of sp³-hybridized carbons (Fsp3) is 0. The summed E-state index contributed by atoms with van der Waals surface area (Å²) in [6, 6.07) is 55.3. The van der Waals surface area contributed by atoms with Crippen molar-refractivity contribution < 1.29 is 8.83 Å². The minimum Gasteiger partial charge on any atom is -0.455 e. The summed E-state index contributed by atoms with van der Waals surface area (Å²) in [5.41, 5.74) is 8.89. The molecule has 0 saturated carbocycles. The molecule has 0 N–H and O–H groups in total. The average Bonchev–Trinajstić information content (AvgIpc) is 3.98. The van der Waals surface area contributed by atoms with E-state index in [1.165, 1.54) is 15.5 Å². The van der Waals surface area contributed by atoms with Gasteiger partial charge in [0.15, 0.2) is 28.9 Å². The monoisotopic (exact) mass is 749 g/mol. The molecule has 0 unspecified atom stereocenters. The van der Waals surface area contributed by atoms with E-state index in [9.17, 15) is 0 Å². The van der Waals surface area contributed by atoms with Gasteiger partial charge in [-0.1, -0.05) is 115 Å². The number of fused-ring (bicyclic) bond motifs is 9. The van der Waals surface area contributed by atoms with Gasteiger partial charge in [-0.25, -0.2) is 24.9 Å². The number of nitrogens with zero attached hydrogens (tertiary/aromatic N) is 5. The van der Waals surface area contributed by atoms with Gasteiger partial charge in [0.2, 0.25) is 0 Å². The molecule has 5 aromatic heterocycles. The van der Waals surface area contributed by atoms with Crippen LogP contribution in [0.3, 0.4) is 0 Å². The summed E-state index contributed by atoms with van der Waals surface area (Å²) in [5.74, 6) is 2.35. The van der Waals surface area contributed by atoms with Crippen molar-refractivity contribution in [1.82, 2.24) is 24.9 Å². The molecule has 5 heterocycles. The lowest BCUT2D eigenvalue weighted by Crippen LogP contribution is -2.00. The lowest BCUT2D eigenvalue weighted by molar-refractivity contribution is 0.667. The summed E-state index contributed by atoms with van der Waals surface area (Å²) in [6.45, 7) is 0. The first-order valence-corrected chi connectivity index (χ1v) is 19.5. The molecule has 7 aromatic carbocycles. The maximum Gasteiger partial charge on any atom is 0.180 e. The van der Waals surface area contributed by atoms with Crippen molar-refractivity contribution in [2.45, 2.75) is 0 Å². The van der Waals surface area contributed by atoms with Crippen LogP contribution < -0.4 is 0 Å². The highest BCUT2D eigenvalue weighted by Gasteiger charge is 2.22. The highest BCUT2D eigenvalue weighted by atomic mass is 32.1. The number of furan rings is 2. The maximum absolute atomic E-state index is 6.68. The fourth-order valence-electron chi connectivity index (χ4n) is 7.88. The third-order valence-electron chi connectivity index (χ3n) is 10.6. The molecule has 0 aliphatic carbocycles. The minimum absolute atomic E-state index is 0.537. The summed E-state index contributed by atoms with van der Waals surface area (Å²) >= 11 is 1.76. The molecular weight excluding hydrogens is 723 g/mol. The third-order valence-corrected chi connectivity index (χ3v) is 11.8. The van der Waals surface area contributed by atoms with Gasteiger partial charge in [-0.15, -0.1) is 11.3 Å². The maximum atomic E-state index is 6.68. The van der Waals surface area contributed by atoms with E-state index in [-0.39, 0.29) is 0 Å². The molecule has 7 nitrogen and oxygen atoms in total. The number of para-hydroxylation sites is 2. The van der Waals surface area contributed by atoms with Gasteiger partial charge in [-0.2, -0.15) is 0 Å². The summed E-state index contributed by atoms with van der Waals surface area (Å²) in [6.07, 6.45) is 0. The Balaban J connectivity index is 1.05. The Morgan fingerprint density at radius 3 is 1.82 bits per heavy atom. The van der Waals surface area contributed by atoms with Crippen LogP contribution in [-0.4, -0.2) is 24.9 Å². The normalized spacial score (nSPS) is 11.9. The molecule has 0 aliphatic heterocycles. The Labute approximate surface area is 328 Å². The Bertz CT molecular complexity index is 3540. The first-order chi connectivity index (χ1) is 28.2. The van der Waals surface area contributed by atoms with Crippen molar-refractivity contribution in [2.24, 2.45) is 0 Å². The van der Waals surface area contributed by atoms with Crippen LogP contribution in [0.2, 0.25) is 0 Å². The predicted octanol–water partition coefficient (Wildman–Crippen LogP) is 13.2. The lowest BCUT2D eigenvalue weighted by Gasteiger charge is -2.09. The summed E-state index contributed by atoms with van der Waals surface area (Å²) in [4.78, 5) is 25.6. The van der Waals surface area contributed by atoms with E-state index in [1.54, 1.807) is 11.3 Å². The average molecular weight is 750 g/mol. The number of thiophene rings is 1. The molecule has 0 atom stereocenters. The molecule has 266 valence electrons. The Morgan fingerprint density at radius 2 is 0.982 bits per heavy atom. The summed E-state index contributed by atoms with van der Waals surface area (Å²) < 4.78 is 15.4. The minimum atomic E-state index is 0.537. The van der Waals surface area contributed by atoms with E-state index >= 15 is 0 Å². The van der Waals surface area contributed by atoms with Crippen LogP contribution in [0.25, 0.3) is 121 Å². The van der Waals surface area contributed by atoms with Crippen LogP contribution in [0, 0.1) is 0 Å². The van der Waals surface area contributed by atoms with Crippen molar-refractivity contribution >= 4 is 75.5 Å². The van der Waals surface area contributed by atoms with Crippen LogP contribution in [0.1, 0.15) is 0 Å². The summed E-state index contributed by atoms with van der Waals surface area (Å²) in [5, 5.41) is 5.24. The highest BCUT2D eigenvalue weighted by Crippen LogP contribution is 2.42. The predicted molar refractivity (Wildman–Crippen MR) is 230 cm³/mol. The van der Waals surface area contributed by atoms with Crippen LogP contribution in [-0.2, 0) is 0 Å². The first kappa shape index (κ1) is 31.8. The van der Waals surface area contributed by atoms with Gasteiger partial charge in [0.05, 0.1) is 5.56 Å². The van der Waals surface area contributed by atoms with Crippen LogP contribution >= 0.6 is 11.3 Å². The number of hydrogen-bond donors (Lipinski definition) is 0. The van der Waals surface area contributed by atoms with E-state index in [4.69, 9.17) is 33.8 Å². The number of aromatic nitrogens is 5. The van der Waals surface area contributed by atoms with Crippen LogP contribution in [0.4, 0.5) is 0 Å². The topological polar surface area (TPSA) is 90.7 Å². The zero-order valence-electron chi connectivity index (χ0n) is 30.0. The number of rotatable bonds is 5. The molecule has 0 aliphatic rings. The van der Waals surface area contributed by atoms with Gasteiger partial charge < -0.3 is 8.83 Å². The van der Waals surface area contributed by atoms with Crippen molar-refractivity contribution in [2.75, 3.05) is 0 Å². The molecular formula is C49H27N5O2S. The van der Waals surface area contributed by atoms with E-state index in [2.05, 4.69) is 54.6 Å². The van der Waals surface area contributed by atoms with Gasteiger partial charge in [0.1, 0.15) is 28.0 Å². The molecule has 8 heteroatoms. The molecule has 0 saturated heterocycles. The second kappa shape index (κ2) is 12.5. The largest absolute Gasteiger partial charge is 0.455 e. The third kappa shape index (κ3) is 5.08. The van der Waals surface area contributed by atoms with Crippen LogP contribution in [0.15, 0.2) is 173 Å². The number of benzene rings is 7. The zero-order chi connectivity index (χ0) is 37.5. The SMILES string of the molecule is c1ccc(-c2nc(-c3cccc4c3oc3ccc(-c5nc(-c6ccccc6)c6oc7ccccc7c6n5)cc34)nc(-c3cccc4c3sc3ccccc34)n2)cc1. The Kier molecular flexibility index (Phi) is 6.96. The van der Waals surface area contributed by atoms with Crippen molar-refractivity contribution in [1.29, 1.82) is 0 Å². The van der Waals surface area contributed by atoms with Gasteiger partial charge in [0.25, 0.3) is 0 Å². The standard InChI is InChI=1S/C49H27N5O2S/c1-3-13-28(14-4-1)41-44-42(34-18-7-9-23-38(34)56-44)51-47(50-41)30-25-26-39-37(27-30)32-19-11-21-35(43(32)55-39)48-52-46(29-15-5-2-6-16-29)53-49(54-48)36-22-12-20-33-31-17-8-10-24-40(31)57-45(33)36/h1-27H. The highest BCUT2D eigenvalue weighted by molar-refractivity contribution is 7.26. The van der Waals surface area contributed by atoms with Gasteiger partial charge in [-0.05, 0) is 48.5 Å². The molecule has 12 aromatic rings. The fourth-order valence-corrected chi connectivity index (χ4v) is 9.09. The second-order valence-electron chi connectivity index (χ2n) is 14.0. The van der Waals surface area contributed by atoms with Gasteiger partial charge in [0, 0.05) is 58.6 Å². The Hall–Kier alpha value is -7.55. The first-order valence-electron chi connectivity index (χ1n) is 18.7. The molecule has 0 spiro atoms. The summed E-state index contributed by atoms with van der Waals surface area (Å²) in [7, 11) is 0. The molecule has 0 amide bonds. The molecule has 57 heavy (non-hydrogen) atoms. The van der Waals surface area contributed by atoms with Crippen molar-refractivity contribution in [3.63, 3.8) is 0 Å². The van der Waals surface area contributed by atoms with Gasteiger partial charge >= 0.3 is 0 Å². The van der Waals surface area contributed by atoms with Crippen molar-refractivity contribution in [3.05, 3.63) is 164 Å². The lowest BCUT2D eigenvalue weighted by atomic mass is 10.1. The molecule has 0 radical (unpaired) electrons. The Morgan fingerprint density at radius 1 is 0.368 bits per heavy atom. The zero-order valence-corrected chi connectivity index (χ0v) is 30.9. The van der Waals surface area contributed by atoms with E-state index < -0.39 is 0 Å². The quantitative estimate of drug-likeness (QED) is 0.173. The number of hydrogen-bond acceptors (Lipinski definition) is 8. The van der Waals surface area contributed by atoms with E-state index in [0.29, 0.717) is 34.5 Å². The van der Waals surface area contributed by atoms with Crippen LogP contribution in [0.5, 0.6) is 0 Å². The molecule has 0 fully saturated rings. The van der Waals surface area contributed by atoms with E-state index in [1.807, 2.05) is 109 Å².